The number of amides is 1. The number of ketones is 1. The van der Waals surface area contributed by atoms with Gasteiger partial charge in [-0.15, -0.1) is 0 Å². The predicted molar refractivity (Wildman–Crippen MR) is 133 cm³/mol. The summed E-state index contributed by atoms with van der Waals surface area (Å²) in [4.78, 5) is 44.3. The Kier molecular flexibility index (Phi) is 6.80. The van der Waals surface area contributed by atoms with E-state index in [0.29, 0.717) is 22.6 Å². The van der Waals surface area contributed by atoms with Gasteiger partial charge in [0, 0.05) is 5.56 Å². The monoisotopic (exact) mass is 508 g/mol. The first-order valence-electron chi connectivity index (χ1n) is 11.0. The van der Waals surface area contributed by atoms with E-state index in [1.54, 1.807) is 43.3 Å². The molecule has 1 saturated heterocycles. The van der Waals surface area contributed by atoms with E-state index in [0.717, 1.165) is 16.2 Å². The molecule has 2 heterocycles. The van der Waals surface area contributed by atoms with Crippen molar-refractivity contribution >= 4 is 39.9 Å². The minimum Gasteiger partial charge on any atom is -0.508 e. The molecule has 36 heavy (non-hydrogen) atoms. The SMILES string of the molecule is COC(=O)c1sc(N2C(=O)C(=O)/C(=C(\O)c3ccc(OC(C)C)cc3)C2c2ccc(O)cc2)nc1C. The Morgan fingerprint density at radius 1 is 1.08 bits per heavy atom. The highest BCUT2D eigenvalue weighted by atomic mass is 32.1. The number of carbonyl (C=O) groups is 3. The summed E-state index contributed by atoms with van der Waals surface area (Å²) in [5.74, 6) is -2.20. The Labute approximate surface area is 211 Å². The lowest BCUT2D eigenvalue weighted by Gasteiger charge is -2.23. The van der Waals surface area contributed by atoms with Crippen LogP contribution < -0.4 is 9.64 Å². The van der Waals surface area contributed by atoms with Gasteiger partial charge in [0.2, 0.25) is 0 Å². The van der Waals surface area contributed by atoms with Crippen molar-refractivity contribution in [3.8, 4) is 11.5 Å². The van der Waals surface area contributed by atoms with Crippen molar-refractivity contribution in [3.05, 3.63) is 75.8 Å². The fourth-order valence-corrected chi connectivity index (χ4v) is 4.90. The molecule has 2 aromatic carbocycles. The van der Waals surface area contributed by atoms with Gasteiger partial charge < -0.3 is 19.7 Å². The van der Waals surface area contributed by atoms with Crippen LogP contribution in [0.15, 0.2) is 54.1 Å². The van der Waals surface area contributed by atoms with Crippen molar-refractivity contribution in [2.45, 2.75) is 32.9 Å². The van der Waals surface area contributed by atoms with Crippen molar-refractivity contribution in [2.24, 2.45) is 0 Å². The summed E-state index contributed by atoms with van der Waals surface area (Å²) in [7, 11) is 1.24. The minimum atomic E-state index is -1.05. The van der Waals surface area contributed by atoms with E-state index in [1.165, 1.54) is 19.2 Å². The number of Topliss-reactive ketones (excluding diaryl/α,β-unsaturated/α-hetero) is 1. The van der Waals surface area contributed by atoms with E-state index in [-0.39, 0.29) is 33.2 Å². The molecule has 1 aliphatic heterocycles. The molecule has 0 saturated carbocycles. The van der Waals surface area contributed by atoms with Crippen molar-refractivity contribution in [3.63, 3.8) is 0 Å². The number of aryl methyl sites for hydroxylation is 1. The van der Waals surface area contributed by atoms with Crippen LogP contribution in [0.3, 0.4) is 0 Å². The number of rotatable bonds is 6. The Morgan fingerprint density at radius 2 is 1.72 bits per heavy atom. The summed E-state index contributed by atoms with van der Waals surface area (Å²) in [6.07, 6.45) is -0.0408. The topological polar surface area (TPSA) is 126 Å². The number of hydrogen-bond acceptors (Lipinski definition) is 9. The van der Waals surface area contributed by atoms with E-state index >= 15 is 0 Å². The van der Waals surface area contributed by atoms with Gasteiger partial charge in [-0.3, -0.25) is 14.5 Å². The summed E-state index contributed by atoms with van der Waals surface area (Å²) < 4.78 is 10.4. The number of ether oxygens (including phenoxy) is 2. The number of phenols is 1. The maximum Gasteiger partial charge on any atom is 0.350 e. The zero-order valence-electron chi connectivity index (χ0n) is 20.0. The summed E-state index contributed by atoms with van der Waals surface area (Å²) in [5.41, 5.74) is 0.976. The molecule has 2 N–H and O–H groups in total. The van der Waals surface area contributed by atoms with Gasteiger partial charge in [-0.1, -0.05) is 23.5 Å². The highest BCUT2D eigenvalue weighted by Crippen LogP contribution is 2.44. The first-order valence-corrected chi connectivity index (χ1v) is 11.9. The van der Waals surface area contributed by atoms with Crippen LogP contribution in [0.1, 0.15) is 46.4 Å². The molecule has 0 aliphatic carbocycles. The molecule has 1 atom stereocenters. The number of carbonyl (C=O) groups excluding carboxylic acids is 3. The number of methoxy groups -OCH3 is 1. The van der Waals surface area contributed by atoms with Crippen LogP contribution >= 0.6 is 11.3 Å². The predicted octanol–water partition coefficient (Wildman–Crippen LogP) is 4.36. The number of aliphatic hydroxyl groups excluding tert-OH is 1. The molecule has 1 amide bonds. The summed E-state index contributed by atoms with van der Waals surface area (Å²) in [6.45, 7) is 5.37. The van der Waals surface area contributed by atoms with E-state index in [2.05, 4.69) is 4.98 Å². The maximum atomic E-state index is 13.3. The molecular weight excluding hydrogens is 484 g/mol. The van der Waals surface area contributed by atoms with Crippen molar-refractivity contribution in [1.82, 2.24) is 4.98 Å². The number of aromatic nitrogens is 1. The van der Waals surface area contributed by atoms with E-state index in [9.17, 15) is 24.6 Å². The fraction of sp³-hybridized carbons (Fsp3) is 0.231. The largest absolute Gasteiger partial charge is 0.508 e. The highest BCUT2D eigenvalue weighted by Gasteiger charge is 2.48. The number of esters is 1. The molecule has 0 radical (unpaired) electrons. The quantitative estimate of drug-likeness (QED) is 0.218. The molecule has 3 aromatic rings. The Bertz CT molecular complexity index is 1360. The van der Waals surface area contributed by atoms with E-state index in [1.807, 2.05) is 13.8 Å². The molecule has 1 fully saturated rings. The lowest BCUT2D eigenvalue weighted by Crippen LogP contribution is -2.29. The molecule has 186 valence electrons. The van der Waals surface area contributed by atoms with Crippen molar-refractivity contribution < 1.29 is 34.1 Å². The van der Waals surface area contributed by atoms with Crippen molar-refractivity contribution in [2.75, 3.05) is 12.0 Å². The third kappa shape index (κ3) is 4.55. The van der Waals surface area contributed by atoms with Gasteiger partial charge >= 0.3 is 11.9 Å². The van der Waals surface area contributed by atoms with Crippen LogP contribution in [-0.2, 0) is 14.3 Å². The highest BCUT2D eigenvalue weighted by molar-refractivity contribution is 7.17. The number of anilines is 1. The van der Waals surface area contributed by atoms with Crippen LogP contribution in [0.5, 0.6) is 11.5 Å². The summed E-state index contributed by atoms with van der Waals surface area (Å²) >= 11 is 0.911. The van der Waals surface area contributed by atoms with Gasteiger partial charge in [-0.2, -0.15) is 0 Å². The number of benzene rings is 2. The minimum absolute atomic E-state index is 0.00508. The molecular formula is C26H24N2O7S. The van der Waals surface area contributed by atoms with Crippen LogP contribution in [0.4, 0.5) is 5.13 Å². The molecule has 1 aliphatic rings. The molecule has 0 bridgehead atoms. The van der Waals surface area contributed by atoms with E-state index < -0.39 is 23.7 Å². The second-order valence-electron chi connectivity index (χ2n) is 8.35. The number of thiazole rings is 1. The third-order valence-corrected chi connectivity index (χ3v) is 6.65. The van der Waals surface area contributed by atoms with Gasteiger partial charge in [-0.05, 0) is 62.7 Å². The van der Waals surface area contributed by atoms with Gasteiger partial charge in [0.1, 0.15) is 22.1 Å². The second-order valence-corrected chi connectivity index (χ2v) is 9.33. The van der Waals surface area contributed by atoms with Crippen LogP contribution in [0.2, 0.25) is 0 Å². The molecule has 1 unspecified atom stereocenters. The van der Waals surface area contributed by atoms with Crippen LogP contribution in [0.25, 0.3) is 5.76 Å². The molecule has 0 spiro atoms. The maximum absolute atomic E-state index is 13.3. The third-order valence-electron chi connectivity index (χ3n) is 5.51. The lowest BCUT2D eigenvalue weighted by molar-refractivity contribution is -0.132. The number of hydrogen-bond donors (Lipinski definition) is 2. The first-order chi connectivity index (χ1) is 17.1. The Morgan fingerprint density at radius 3 is 2.31 bits per heavy atom. The van der Waals surface area contributed by atoms with Crippen LogP contribution in [0, 0.1) is 6.92 Å². The number of nitrogens with zero attached hydrogens (tertiary/aromatic N) is 2. The Balaban J connectivity index is 1.87. The molecule has 4 rings (SSSR count). The zero-order chi connectivity index (χ0) is 26.1. The molecule has 9 nitrogen and oxygen atoms in total. The van der Waals surface area contributed by atoms with Gasteiger partial charge in [0.15, 0.2) is 5.13 Å². The lowest BCUT2D eigenvalue weighted by atomic mass is 9.95. The number of aliphatic hydroxyl groups is 1. The van der Waals surface area contributed by atoms with Gasteiger partial charge in [-0.25, -0.2) is 9.78 Å². The van der Waals surface area contributed by atoms with Crippen LogP contribution in [-0.4, -0.2) is 46.1 Å². The smallest absolute Gasteiger partial charge is 0.350 e. The van der Waals surface area contributed by atoms with Gasteiger partial charge in [0.05, 0.1) is 30.5 Å². The summed E-state index contributed by atoms with van der Waals surface area (Å²) in [6, 6.07) is 11.4. The standard InChI is InChI=1S/C26H24N2O7S/c1-13(2)35-18-11-7-16(8-12-18)21(30)19-20(15-5-9-17(29)10-6-15)28(24(32)22(19)31)26-27-14(3)23(36-26)25(33)34-4/h5-13,20,29-30H,1-4H3/b21-19-. The molecule has 1 aromatic heterocycles. The zero-order valence-corrected chi connectivity index (χ0v) is 20.8. The fourth-order valence-electron chi connectivity index (χ4n) is 3.89. The van der Waals surface area contributed by atoms with Crippen molar-refractivity contribution in [1.29, 1.82) is 0 Å². The number of phenolic OH excluding ortho intramolecular Hbond substituents is 1. The summed E-state index contributed by atoms with van der Waals surface area (Å²) in [5, 5.41) is 21.1. The average Bonchev–Trinajstić information content (AvgIpc) is 3.35. The van der Waals surface area contributed by atoms with Gasteiger partial charge in [0.25, 0.3) is 5.78 Å². The van der Waals surface area contributed by atoms with E-state index in [4.69, 9.17) is 9.47 Å². The second kappa shape index (κ2) is 9.82. The average molecular weight is 509 g/mol. The number of aromatic hydroxyl groups is 1. The molecule has 10 heteroatoms. The first kappa shape index (κ1) is 24.9. The normalized spacial score (nSPS) is 17.0. The Hall–Kier alpha value is -4.18.